The Balaban J connectivity index is 1.95. The number of phenolic OH excluding ortho intramolecular Hbond substituents is 1. The number of rotatable bonds is 5. The molecule has 0 aromatic heterocycles. The number of benzene rings is 1. The van der Waals surface area contributed by atoms with E-state index in [0.29, 0.717) is 25.2 Å². The van der Waals surface area contributed by atoms with Crippen LogP contribution in [-0.4, -0.2) is 67.2 Å². The lowest BCUT2D eigenvalue weighted by atomic mass is 9.99. The first-order valence-electron chi connectivity index (χ1n) is 12.4. The molecule has 2 aliphatic rings. The van der Waals surface area contributed by atoms with Crippen LogP contribution in [-0.2, 0) is 25.4 Å². The van der Waals surface area contributed by atoms with Gasteiger partial charge in [-0.3, -0.25) is 9.36 Å². The zero-order valence-electron chi connectivity index (χ0n) is 21.3. The van der Waals surface area contributed by atoms with E-state index >= 15 is 0 Å². The number of cyclic esters (lactones) is 1. The van der Waals surface area contributed by atoms with E-state index in [1.165, 1.54) is 13.3 Å². The van der Waals surface area contributed by atoms with Gasteiger partial charge in [-0.25, -0.2) is 4.79 Å². The molecule has 2 heterocycles. The SMILES string of the molecule is CP(C)(=O)Oc1cc(O)c2c(c1Cl)CC(=NOCC(=O)N1CCCCC1)/C=C/CC/C=C/CCOC2=O. The third-order valence-corrected chi connectivity index (χ3v) is 6.81. The van der Waals surface area contributed by atoms with Crippen LogP contribution in [0.15, 0.2) is 35.5 Å². The molecule has 1 fully saturated rings. The van der Waals surface area contributed by atoms with Crippen LogP contribution in [0.1, 0.15) is 54.4 Å². The largest absolute Gasteiger partial charge is 0.507 e. The Morgan fingerprint density at radius 1 is 1.16 bits per heavy atom. The minimum Gasteiger partial charge on any atom is -0.507 e. The van der Waals surface area contributed by atoms with E-state index in [1.807, 2.05) is 18.2 Å². The number of ether oxygens (including phenoxy) is 1. The van der Waals surface area contributed by atoms with Crippen molar-refractivity contribution in [1.29, 1.82) is 0 Å². The van der Waals surface area contributed by atoms with Gasteiger partial charge in [-0.1, -0.05) is 35.0 Å². The van der Waals surface area contributed by atoms with Gasteiger partial charge in [-0.2, -0.15) is 0 Å². The van der Waals surface area contributed by atoms with E-state index in [2.05, 4.69) is 5.16 Å². The van der Waals surface area contributed by atoms with Gasteiger partial charge in [-0.05, 0) is 50.2 Å². The van der Waals surface area contributed by atoms with Crippen molar-refractivity contribution in [3.63, 3.8) is 0 Å². The molecule has 0 spiro atoms. The normalized spacial score (nSPS) is 20.4. The van der Waals surface area contributed by atoms with Crippen LogP contribution in [0, 0.1) is 0 Å². The number of allylic oxidation sites excluding steroid dienone is 3. The molecule has 0 radical (unpaired) electrons. The van der Waals surface area contributed by atoms with E-state index in [4.69, 9.17) is 25.7 Å². The van der Waals surface area contributed by atoms with Gasteiger partial charge < -0.3 is 24.1 Å². The first kappa shape index (κ1) is 28.8. The summed E-state index contributed by atoms with van der Waals surface area (Å²) in [6, 6.07) is 1.16. The lowest BCUT2D eigenvalue weighted by Gasteiger charge is -2.26. The molecule has 0 unspecified atom stereocenters. The highest BCUT2D eigenvalue weighted by Gasteiger charge is 2.27. The summed E-state index contributed by atoms with van der Waals surface area (Å²) in [5.41, 5.74) is 0.430. The van der Waals surface area contributed by atoms with Crippen LogP contribution in [0.2, 0.25) is 5.02 Å². The predicted octanol–water partition coefficient (Wildman–Crippen LogP) is 5.34. The molecule has 9 nitrogen and oxygen atoms in total. The van der Waals surface area contributed by atoms with Crippen LogP contribution in [0.4, 0.5) is 0 Å². The number of hydrogen-bond acceptors (Lipinski definition) is 8. The number of halogens is 1. The maximum absolute atomic E-state index is 12.9. The van der Waals surface area contributed by atoms with Crippen molar-refractivity contribution in [2.75, 3.05) is 39.6 Å². The molecule has 0 aliphatic carbocycles. The van der Waals surface area contributed by atoms with Gasteiger partial charge in [0, 0.05) is 38.9 Å². The molecule has 0 atom stereocenters. The third-order valence-electron chi connectivity index (χ3n) is 5.76. The maximum Gasteiger partial charge on any atom is 0.342 e. The lowest BCUT2D eigenvalue weighted by Crippen LogP contribution is -2.37. The number of carbonyl (C=O) groups excluding carboxylic acids is 2. The second kappa shape index (κ2) is 13.7. The van der Waals surface area contributed by atoms with E-state index in [-0.39, 0.29) is 47.4 Å². The fourth-order valence-corrected chi connectivity index (χ4v) is 4.94. The number of fused-ring (bicyclic) bond motifs is 1. The Labute approximate surface area is 222 Å². The van der Waals surface area contributed by atoms with Crippen LogP contribution in [0.3, 0.4) is 0 Å². The number of nitrogens with zero attached hydrogens (tertiary/aromatic N) is 2. The number of carbonyl (C=O) groups is 2. The quantitative estimate of drug-likeness (QED) is 0.227. The van der Waals surface area contributed by atoms with Gasteiger partial charge in [0.15, 0.2) is 6.61 Å². The van der Waals surface area contributed by atoms with Crippen LogP contribution < -0.4 is 4.52 Å². The molecule has 1 saturated heterocycles. The fourth-order valence-electron chi connectivity index (χ4n) is 4.02. The third kappa shape index (κ3) is 8.93. The summed E-state index contributed by atoms with van der Waals surface area (Å²) < 4.78 is 23.2. The molecule has 3 rings (SSSR count). The van der Waals surface area contributed by atoms with Crippen molar-refractivity contribution >= 4 is 36.6 Å². The van der Waals surface area contributed by atoms with E-state index < -0.39 is 19.1 Å². The second-order valence-corrected chi connectivity index (χ2v) is 12.3. The van der Waals surface area contributed by atoms with Crippen molar-refractivity contribution in [3.8, 4) is 11.5 Å². The maximum atomic E-state index is 12.9. The summed E-state index contributed by atoms with van der Waals surface area (Å²) in [5.74, 6) is -1.34. The molecular formula is C26H34ClN2O7P. The lowest BCUT2D eigenvalue weighted by molar-refractivity contribution is -0.137. The Morgan fingerprint density at radius 2 is 1.86 bits per heavy atom. The van der Waals surface area contributed by atoms with E-state index in [9.17, 15) is 19.3 Å². The number of esters is 1. The van der Waals surface area contributed by atoms with Crippen molar-refractivity contribution in [2.45, 2.75) is 44.9 Å². The molecule has 0 bridgehead atoms. The summed E-state index contributed by atoms with van der Waals surface area (Å²) >= 11 is 6.62. The van der Waals surface area contributed by atoms with Gasteiger partial charge >= 0.3 is 5.97 Å². The first-order valence-corrected chi connectivity index (χ1v) is 15.3. The van der Waals surface area contributed by atoms with Crippen LogP contribution in [0.5, 0.6) is 11.5 Å². The Morgan fingerprint density at radius 3 is 2.59 bits per heavy atom. The monoisotopic (exact) mass is 552 g/mol. The average molecular weight is 553 g/mol. The zero-order chi connectivity index (χ0) is 26.8. The van der Waals surface area contributed by atoms with Gasteiger partial charge in [-0.15, -0.1) is 0 Å². The standard InChI is InChI=1S/C26H34ClN2O7P/c1-37(2,33)36-22-17-21(30)24-20(25(22)27)16-19(12-8-5-3-4-6-11-15-34-26(24)32)28-35-18-23(31)29-13-9-7-10-14-29/h4,6,8,12,17,30H,3,5,7,9-11,13-16,18H2,1-2H3/b6-4+,12-8+,28-19?. The minimum absolute atomic E-state index is 0.00570. The molecule has 1 N–H and O–H groups in total. The summed E-state index contributed by atoms with van der Waals surface area (Å²) in [6.45, 7) is 4.15. The van der Waals surface area contributed by atoms with Crippen LogP contribution in [0.25, 0.3) is 0 Å². The van der Waals surface area contributed by atoms with Gasteiger partial charge in [0.05, 0.1) is 17.3 Å². The summed E-state index contributed by atoms with van der Waals surface area (Å²) in [5, 5.41) is 14.9. The smallest absolute Gasteiger partial charge is 0.342 e. The number of aromatic hydroxyl groups is 1. The van der Waals surface area contributed by atoms with Gasteiger partial charge in [0.1, 0.15) is 17.1 Å². The number of piperidine rings is 1. The fraction of sp³-hybridized carbons (Fsp3) is 0.500. The number of likely N-dealkylation sites (tertiary alicyclic amines) is 1. The molecule has 1 amide bonds. The van der Waals surface area contributed by atoms with Crippen LogP contribution >= 0.6 is 19.0 Å². The number of amides is 1. The number of hydrogen-bond donors (Lipinski definition) is 1. The molecule has 1 aromatic rings. The Kier molecular flexibility index (Phi) is 10.6. The van der Waals surface area contributed by atoms with E-state index in [1.54, 1.807) is 11.0 Å². The molecule has 202 valence electrons. The summed E-state index contributed by atoms with van der Waals surface area (Å²) in [4.78, 5) is 32.6. The highest BCUT2D eigenvalue weighted by Crippen LogP contribution is 2.46. The zero-order valence-corrected chi connectivity index (χ0v) is 22.9. The average Bonchev–Trinajstić information content (AvgIpc) is 2.84. The highest BCUT2D eigenvalue weighted by molar-refractivity contribution is 7.57. The van der Waals surface area contributed by atoms with Gasteiger partial charge in [0.25, 0.3) is 5.91 Å². The van der Waals surface area contributed by atoms with Crippen molar-refractivity contribution < 1.29 is 33.4 Å². The van der Waals surface area contributed by atoms with Crippen molar-refractivity contribution in [2.24, 2.45) is 5.16 Å². The van der Waals surface area contributed by atoms with Crippen molar-refractivity contribution in [1.82, 2.24) is 4.90 Å². The summed E-state index contributed by atoms with van der Waals surface area (Å²) in [6.07, 6.45) is 12.6. The molecular weight excluding hydrogens is 519 g/mol. The number of oxime groups is 1. The molecule has 2 aliphatic heterocycles. The predicted molar refractivity (Wildman–Crippen MR) is 143 cm³/mol. The number of phenols is 1. The molecule has 37 heavy (non-hydrogen) atoms. The highest BCUT2D eigenvalue weighted by atomic mass is 35.5. The minimum atomic E-state index is -3.03. The van der Waals surface area contributed by atoms with E-state index in [0.717, 1.165) is 38.2 Å². The molecule has 11 heteroatoms. The van der Waals surface area contributed by atoms with Crippen molar-refractivity contribution in [3.05, 3.63) is 46.5 Å². The molecule has 1 aromatic carbocycles. The summed E-state index contributed by atoms with van der Waals surface area (Å²) in [7, 11) is -3.03. The molecule has 0 saturated carbocycles. The topological polar surface area (TPSA) is 115 Å². The second-order valence-electron chi connectivity index (χ2n) is 9.25. The van der Waals surface area contributed by atoms with Gasteiger partial charge in [0.2, 0.25) is 7.37 Å². The Hall–Kier alpha value is -2.77. The Bertz CT molecular complexity index is 1120. The first-order chi connectivity index (χ1) is 17.7.